The summed E-state index contributed by atoms with van der Waals surface area (Å²) in [5.74, 6) is -0.562. The number of ether oxygens (including phenoxy) is 1. The van der Waals surface area contributed by atoms with Gasteiger partial charge in [0.1, 0.15) is 0 Å². The lowest BCUT2D eigenvalue weighted by Gasteiger charge is -2.14. The van der Waals surface area contributed by atoms with Crippen LogP contribution in [0.1, 0.15) is 12.0 Å². The number of halogens is 1. The van der Waals surface area contributed by atoms with E-state index in [2.05, 4.69) is 5.32 Å². The lowest BCUT2D eigenvalue weighted by atomic mass is 10.1. The second-order valence-corrected chi connectivity index (χ2v) is 4.62. The molecule has 0 spiro atoms. The van der Waals surface area contributed by atoms with Gasteiger partial charge in [-0.25, -0.2) is 4.79 Å². The van der Waals surface area contributed by atoms with Gasteiger partial charge in [0.05, 0.1) is 18.5 Å². The molecule has 0 saturated carbocycles. The Labute approximate surface area is 114 Å². The molecule has 1 aromatic rings. The predicted molar refractivity (Wildman–Crippen MR) is 69.3 cm³/mol. The van der Waals surface area contributed by atoms with Gasteiger partial charge in [-0.2, -0.15) is 11.3 Å². The van der Waals surface area contributed by atoms with Gasteiger partial charge in [-0.15, -0.1) is 11.6 Å². The summed E-state index contributed by atoms with van der Waals surface area (Å²) < 4.78 is 5.36. The number of carbonyl (C=O) groups excluding carboxylic acids is 1. The molecule has 0 bridgehead atoms. The third kappa shape index (κ3) is 5.48. The second kappa shape index (κ2) is 8.07. The van der Waals surface area contributed by atoms with Crippen molar-refractivity contribution in [2.45, 2.75) is 19.1 Å². The third-order valence-electron chi connectivity index (χ3n) is 2.22. The topological polar surface area (TPSA) is 75.6 Å². The summed E-state index contributed by atoms with van der Waals surface area (Å²) in [7, 11) is 0. The van der Waals surface area contributed by atoms with Crippen LogP contribution < -0.4 is 5.32 Å². The van der Waals surface area contributed by atoms with E-state index in [4.69, 9.17) is 21.4 Å². The SMILES string of the molecule is O=C(O)N[C@@H](CCOCc1ccsc1)C(=O)CCl. The largest absolute Gasteiger partial charge is 0.465 e. The maximum absolute atomic E-state index is 11.4. The van der Waals surface area contributed by atoms with E-state index in [1.54, 1.807) is 11.3 Å². The molecule has 0 fully saturated rings. The van der Waals surface area contributed by atoms with E-state index in [-0.39, 0.29) is 18.1 Å². The summed E-state index contributed by atoms with van der Waals surface area (Å²) in [6.07, 6.45) is -0.960. The molecular weight excluding hydrogens is 278 g/mol. The van der Waals surface area contributed by atoms with E-state index < -0.39 is 12.1 Å². The Hall–Kier alpha value is -1.11. The number of amides is 1. The Bertz CT molecular complexity index is 382. The van der Waals surface area contributed by atoms with Crippen molar-refractivity contribution in [2.24, 2.45) is 0 Å². The van der Waals surface area contributed by atoms with Gasteiger partial charge in [-0.05, 0) is 28.8 Å². The first kappa shape index (κ1) is 14.9. The highest BCUT2D eigenvalue weighted by atomic mass is 35.5. The van der Waals surface area contributed by atoms with E-state index in [0.717, 1.165) is 5.56 Å². The standard InChI is InChI=1S/C11H14ClNO4S/c12-5-10(14)9(13-11(15)16)1-3-17-6-8-2-4-18-7-8/h2,4,7,9,13H,1,3,5-6H2,(H,15,16)/t9-/m0/s1. The molecule has 7 heteroatoms. The maximum Gasteiger partial charge on any atom is 0.405 e. The Morgan fingerprint density at radius 1 is 1.56 bits per heavy atom. The van der Waals surface area contributed by atoms with Gasteiger partial charge in [0.25, 0.3) is 0 Å². The van der Waals surface area contributed by atoms with Crippen LogP contribution in [0, 0.1) is 0 Å². The van der Waals surface area contributed by atoms with Crippen molar-refractivity contribution in [1.29, 1.82) is 0 Å². The summed E-state index contributed by atoms with van der Waals surface area (Å²) in [5, 5.41) is 14.6. The van der Waals surface area contributed by atoms with Crippen LogP contribution in [0.4, 0.5) is 4.79 Å². The summed E-state index contributed by atoms with van der Waals surface area (Å²) in [6, 6.07) is 1.14. The fourth-order valence-corrected chi connectivity index (χ4v) is 2.16. The zero-order valence-corrected chi connectivity index (χ0v) is 11.2. The Balaban J connectivity index is 2.28. The molecule has 2 N–H and O–H groups in total. The maximum atomic E-state index is 11.4. The van der Waals surface area contributed by atoms with Crippen molar-refractivity contribution in [2.75, 3.05) is 12.5 Å². The first-order chi connectivity index (χ1) is 8.63. The molecule has 1 atom stereocenters. The quantitative estimate of drug-likeness (QED) is 0.568. The number of hydrogen-bond acceptors (Lipinski definition) is 4. The Morgan fingerprint density at radius 2 is 2.33 bits per heavy atom. The molecule has 1 amide bonds. The molecule has 100 valence electrons. The van der Waals surface area contributed by atoms with Crippen LogP contribution in [0.2, 0.25) is 0 Å². The number of carbonyl (C=O) groups is 2. The van der Waals surface area contributed by atoms with Gasteiger partial charge in [0.15, 0.2) is 5.78 Å². The summed E-state index contributed by atoms with van der Waals surface area (Å²) in [5.41, 5.74) is 1.06. The van der Waals surface area contributed by atoms with Crippen LogP contribution in [0.5, 0.6) is 0 Å². The van der Waals surface area contributed by atoms with E-state index in [1.807, 2.05) is 16.8 Å². The summed E-state index contributed by atoms with van der Waals surface area (Å²) in [4.78, 5) is 21.9. The van der Waals surface area contributed by atoms with Gasteiger partial charge in [0.2, 0.25) is 0 Å². The highest BCUT2D eigenvalue weighted by Gasteiger charge is 2.19. The molecule has 0 aliphatic rings. The smallest absolute Gasteiger partial charge is 0.405 e. The minimum Gasteiger partial charge on any atom is -0.465 e. The minimum absolute atomic E-state index is 0.213. The number of rotatable bonds is 8. The molecule has 1 heterocycles. The molecule has 0 radical (unpaired) electrons. The molecule has 0 unspecified atom stereocenters. The molecule has 1 rings (SSSR count). The van der Waals surface area contributed by atoms with Gasteiger partial charge >= 0.3 is 6.09 Å². The number of Topliss-reactive ketones (excluding diaryl/α,β-unsaturated/α-hetero) is 1. The fourth-order valence-electron chi connectivity index (χ4n) is 1.32. The molecule has 18 heavy (non-hydrogen) atoms. The number of alkyl halides is 1. The number of ketones is 1. The third-order valence-corrected chi connectivity index (χ3v) is 3.21. The number of hydrogen-bond donors (Lipinski definition) is 2. The van der Waals surface area contributed by atoms with E-state index in [9.17, 15) is 9.59 Å². The summed E-state index contributed by atoms with van der Waals surface area (Å²) >= 11 is 6.98. The Morgan fingerprint density at radius 3 is 2.89 bits per heavy atom. The van der Waals surface area contributed by atoms with Crippen molar-refractivity contribution in [3.63, 3.8) is 0 Å². The molecule has 0 aromatic carbocycles. The highest BCUT2D eigenvalue weighted by molar-refractivity contribution is 7.07. The van der Waals surface area contributed by atoms with Crippen LogP contribution in [0.15, 0.2) is 16.8 Å². The number of nitrogens with one attached hydrogen (secondary N) is 1. The average Bonchev–Trinajstić information content (AvgIpc) is 2.84. The van der Waals surface area contributed by atoms with Crippen molar-refractivity contribution in [1.82, 2.24) is 5.32 Å². The van der Waals surface area contributed by atoms with Crippen LogP contribution in [0.25, 0.3) is 0 Å². The number of thiophene rings is 1. The zero-order chi connectivity index (χ0) is 13.4. The average molecular weight is 292 g/mol. The van der Waals surface area contributed by atoms with Gasteiger partial charge in [-0.3, -0.25) is 4.79 Å². The summed E-state index contributed by atoms with van der Waals surface area (Å²) in [6.45, 7) is 0.752. The lowest BCUT2D eigenvalue weighted by Crippen LogP contribution is -2.41. The van der Waals surface area contributed by atoms with Crippen LogP contribution >= 0.6 is 22.9 Å². The van der Waals surface area contributed by atoms with E-state index >= 15 is 0 Å². The van der Waals surface area contributed by atoms with E-state index in [0.29, 0.717) is 13.2 Å². The molecular formula is C11H14ClNO4S. The highest BCUT2D eigenvalue weighted by Crippen LogP contribution is 2.07. The minimum atomic E-state index is -1.24. The predicted octanol–water partition coefficient (Wildman–Crippen LogP) is 2.10. The normalized spacial score (nSPS) is 12.1. The van der Waals surface area contributed by atoms with Crippen molar-refractivity contribution >= 4 is 34.8 Å². The lowest BCUT2D eigenvalue weighted by molar-refractivity contribution is -0.119. The van der Waals surface area contributed by atoms with Crippen LogP contribution in [-0.4, -0.2) is 35.5 Å². The van der Waals surface area contributed by atoms with Crippen LogP contribution in [-0.2, 0) is 16.1 Å². The first-order valence-electron chi connectivity index (χ1n) is 5.30. The molecule has 5 nitrogen and oxygen atoms in total. The van der Waals surface area contributed by atoms with Crippen molar-refractivity contribution < 1.29 is 19.4 Å². The van der Waals surface area contributed by atoms with Crippen molar-refractivity contribution in [3.8, 4) is 0 Å². The number of carboxylic acid groups (broad SMARTS) is 1. The monoisotopic (exact) mass is 291 g/mol. The van der Waals surface area contributed by atoms with Crippen molar-refractivity contribution in [3.05, 3.63) is 22.4 Å². The van der Waals surface area contributed by atoms with E-state index in [1.165, 1.54) is 0 Å². The molecule has 0 aliphatic carbocycles. The fraction of sp³-hybridized carbons (Fsp3) is 0.455. The second-order valence-electron chi connectivity index (χ2n) is 3.57. The zero-order valence-electron chi connectivity index (χ0n) is 9.60. The van der Waals surface area contributed by atoms with Gasteiger partial charge < -0.3 is 15.2 Å². The van der Waals surface area contributed by atoms with Gasteiger partial charge in [-0.1, -0.05) is 0 Å². The molecule has 0 saturated heterocycles. The first-order valence-corrected chi connectivity index (χ1v) is 6.78. The van der Waals surface area contributed by atoms with Gasteiger partial charge in [0, 0.05) is 6.61 Å². The molecule has 1 aromatic heterocycles. The molecule has 0 aliphatic heterocycles. The van der Waals surface area contributed by atoms with Crippen LogP contribution in [0.3, 0.4) is 0 Å². The Kier molecular flexibility index (Phi) is 6.70.